The number of H-pyrrole nitrogens is 1. The van der Waals surface area contributed by atoms with Crippen molar-refractivity contribution in [2.75, 3.05) is 31.1 Å². The Morgan fingerprint density at radius 3 is 2.62 bits per heavy atom. The Morgan fingerprint density at radius 1 is 1.07 bits per heavy atom. The SMILES string of the molecule is O=C1CN(c2nc3c(cnn3-c3ccccc3)c(=O)[nH]2)CCN1CC1CCCC1. The fourth-order valence-corrected chi connectivity index (χ4v) is 4.40. The Morgan fingerprint density at radius 2 is 1.86 bits per heavy atom. The zero-order chi connectivity index (χ0) is 19.8. The quantitative estimate of drug-likeness (QED) is 0.733. The summed E-state index contributed by atoms with van der Waals surface area (Å²) < 4.78 is 1.66. The minimum Gasteiger partial charge on any atom is -0.339 e. The number of piperazine rings is 1. The van der Waals surface area contributed by atoms with Crippen molar-refractivity contribution in [1.29, 1.82) is 0 Å². The van der Waals surface area contributed by atoms with Gasteiger partial charge in [-0.05, 0) is 30.9 Å². The molecule has 0 atom stereocenters. The summed E-state index contributed by atoms with van der Waals surface area (Å²) in [5.41, 5.74) is 1.09. The zero-order valence-corrected chi connectivity index (χ0v) is 16.3. The van der Waals surface area contributed by atoms with Gasteiger partial charge < -0.3 is 9.80 Å². The van der Waals surface area contributed by atoms with Crippen LogP contribution in [0.25, 0.3) is 16.7 Å². The average Bonchev–Trinajstić information content (AvgIpc) is 3.40. The van der Waals surface area contributed by atoms with E-state index in [0.717, 1.165) is 12.2 Å². The molecular formula is C21H24N6O2. The molecule has 3 aromatic rings. The maximum atomic E-state index is 12.7. The van der Waals surface area contributed by atoms with Crippen LogP contribution in [-0.2, 0) is 4.79 Å². The molecule has 0 bridgehead atoms. The Kier molecular flexibility index (Phi) is 4.54. The lowest BCUT2D eigenvalue weighted by atomic mass is 10.1. The van der Waals surface area contributed by atoms with Crippen molar-refractivity contribution in [3.63, 3.8) is 0 Å². The maximum Gasteiger partial charge on any atom is 0.263 e. The first-order valence-electron chi connectivity index (χ1n) is 10.3. The Balaban J connectivity index is 1.41. The molecule has 150 valence electrons. The zero-order valence-electron chi connectivity index (χ0n) is 16.3. The number of aromatic nitrogens is 4. The van der Waals surface area contributed by atoms with Crippen molar-refractivity contribution < 1.29 is 4.79 Å². The van der Waals surface area contributed by atoms with Gasteiger partial charge in [-0.25, -0.2) is 4.68 Å². The van der Waals surface area contributed by atoms with Crippen LogP contribution in [0.15, 0.2) is 41.3 Å². The number of benzene rings is 1. The molecule has 3 heterocycles. The van der Waals surface area contributed by atoms with Gasteiger partial charge in [-0.1, -0.05) is 31.0 Å². The summed E-state index contributed by atoms with van der Waals surface area (Å²) in [6.45, 7) is 2.42. The highest BCUT2D eigenvalue weighted by Crippen LogP contribution is 2.26. The van der Waals surface area contributed by atoms with E-state index in [9.17, 15) is 9.59 Å². The molecule has 1 N–H and O–H groups in total. The van der Waals surface area contributed by atoms with E-state index in [1.54, 1.807) is 4.68 Å². The van der Waals surface area contributed by atoms with Crippen molar-refractivity contribution in [3.05, 3.63) is 46.9 Å². The van der Waals surface area contributed by atoms with E-state index >= 15 is 0 Å². The molecule has 0 unspecified atom stereocenters. The number of para-hydroxylation sites is 1. The highest BCUT2D eigenvalue weighted by Gasteiger charge is 2.28. The van der Waals surface area contributed by atoms with E-state index in [0.29, 0.717) is 36.0 Å². The van der Waals surface area contributed by atoms with Gasteiger partial charge in [0.1, 0.15) is 5.39 Å². The van der Waals surface area contributed by atoms with Crippen LogP contribution in [0.2, 0.25) is 0 Å². The maximum absolute atomic E-state index is 12.7. The predicted molar refractivity (Wildman–Crippen MR) is 110 cm³/mol. The first-order valence-corrected chi connectivity index (χ1v) is 10.3. The Labute approximate surface area is 168 Å². The second kappa shape index (κ2) is 7.35. The molecule has 8 heteroatoms. The van der Waals surface area contributed by atoms with Gasteiger partial charge in [-0.3, -0.25) is 14.6 Å². The minimum atomic E-state index is -0.243. The normalized spacial score (nSPS) is 18.1. The fraction of sp³-hybridized carbons (Fsp3) is 0.429. The molecule has 1 aliphatic heterocycles. The molecular weight excluding hydrogens is 368 g/mol. The first-order chi connectivity index (χ1) is 14.2. The third-order valence-corrected chi connectivity index (χ3v) is 6.00. The molecule has 1 aliphatic carbocycles. The van der Waals surface area contributed by atoms with E-state index in [-0.39, 0.29) is 18.0 Å². The van der Waals surface area contributed by atoms with Crippen LogP contribution in [0.5, 0.6) is 0 Å². The molecule has 0 radical (unpaired) electrons. The minimum absolute atomic E-state index is 0.0995. The average molecular weight is 392 g/mol. The molecule has 1 saturated carbocycles. The summed E-state index contributed by atoms with van der Waals surface area (Å²) >= 11 is 0. The molecule has 2 aromatic heterocycles. The molecule has 2 fully saturated rings. The number of anilines is 1. The van der Waals surface area contributed by atoms with E-state index in [1.807, 2.05) is 40.1 Å². The number of hydrogen-bond acceptors (Lipinski definition) is 5. The molecule has 1 amide bonds. The molecule has 8 nitrogen and oxygen atoms in total. The number of rotatable bonds is 4. The van der Waals surface area contributed by atoms with Gasteiger partial charge in [0.05, 0.1) is 18.4 Å². The third kappa shape index (κ3) is 3.39. The number of hydrogen-bond donors (Lipinski definition) is 1. The van der Waals surface area contributed by atoms with Crippen molar-refractivity contribution in [1.82, 2.24) is 24.6 Å². The second-order valence-electron chi connectivity index (χ2n) is 7.93. The third-order valence-electron chi connectivity index (χ3n) is 6.00. The number of nitrogens with zero attached hydrogens (tertiary/aromatic N) is 5. The smallest absolute Gasteiger partial charge is 0.263 e. The number of aromatic amines is 1. The molecule has 2 aliphatic rings. The predicted octanol–water partition coefficient (Wildman–Crippen LogP) is 1.95. The molecule has 5 rings (SSSR count). The summed E-state index contributed by atoms with van der Waals surface area (Å²) in [4.78, 5) is 36.6. The standard InChI is InChI=1S/C21H24N6O2/c28-18-14-26(11-10-25(18)13-15-6-4-5-7-15)21-23-19-17(20(29)24-21)12-22-27(19)16-8-2-1-3-9-16/h1-3,8-9,12,15H,4-7,10-11,13-14H2,(H,23,24,29). The molecule has 29 heavy (non-hydrogen) atoms. The van der Waals surface area contributed by atoms with Crippen LogP contribution >= 0.6 is 0 Å². The number of amides is 1. The van der Waals surface area contributed by atoms with Crippen LogP contribution < -0.4 is 10.5 Å². The van der Waals surface area contributed by atoms with Gasteiger partial charge in [0.2, 0.25) is 11.9 Å². The van der Waals surface area contributed by atoms with Crippen molar-refractivity contribution in [2.45, 2.75) is 25.7 Å². The van der Waals surface area contributed by atoms with Crippen molar-refractivity contribution in [3.8, 4) is 5.69 Å². The van der Waals surface area contributed by atoms with Crippen LogP contribution in [0.4, 0.5) is 5.95 Å². The summed E-state index contributed by atoms with van der Waals surface area (Å²) in [6, 6.07) is 9.59. The monoisotopic (exact) mass is 392 g/mol. The number of nitrogens with one attached hydrogen (secondary N) is 1. The largest absolute Gasteiger partial charge is 0.339 e. The van der Waals surface area contributed by atoms with E-state index in [2.05, 4.69) is 15.1 Å². The number of carbonyl (C=O) groups excluding carboxylic acids is 1. The lowest BCUT2D eigenvalue weighted by Crippen LogP contribution is -2.52. The first kappa shape index (κ1) is 17.9. The van der Waals surface area contributed by atoms with Gasteiger partial charge in [-0.15, -0.1) is 0 Å². The summed E-state index contributed by atoms with van der Waals surface area (Å²) in [5, 5.41) is 4.77. The van der Waals surface area contributed by atoms with Crippen LogP contribution in [-0.4, -0.2) is 56.7 Å². The van der Waals surface area contributed by atoms with Gasteiger partial charge in [-0.2, -0.15) is 10.1 Å². The summed E-state index contributed by atoms with van der Waals surface area (Å²) in [6.07, 6.45) is 6.53. The van der Waals surface area contributed by atoms with Crippen molar-refractivity contribution in [2.24, 2.45) is 5.92 Å². The topological polar surface area (TPSA) is 87.1 Å². The second-order valence-corrected chi connectivity index (χ2v) is 7.93. The van der Waals surface area contributed by atoms with Crippen LogP contribution in [0.3, 0.4) is 0 Å². The fourth-order valence-electron chi connectivity index (χ4n) is 4.40. The van der Waals surface area contributed by atoms with Gasteiger partial charge in [0, 0.05) is 19.6 Å². The molecule has 1 aromatic carbocycles. The molecule has 1 saturated heterocycles. The Bertz CT molecular complexity index is 1080. The lowest BCUT2D eigenvalue weighted by molar-refractivity contribution is -0.131. The lowest BCUT2D eigenvalue weighted by Gasteiger charge is -2.35. The van der Waals surface area contributed by atoms with E-state index in [1.165, 1.54) is 31.9 Å². The van der Waals surface area contributed by atoms with E-state index in [4.69, 9.17) is 0 Å². The summed E-state index contributed by atoms with van der Waals surface area (Å²) in [5.74, 6) is 1.16. The van der Waals surface area contributed by atoms with Crippen LogP contribution in [0, 0.1) is 5.92 Å². The van der Waals surface area contributed by atoms with Gasteiger partial charge in [0.15, 0.2) is 5.65 Å². The summed E-state index contributed by atoms with van der Waals surface area (Å²) in [7, 11) is 0. The Hall–Kier alpha value is -3.16. The number of carbonyl (C=O) groups is 1. The molecule has 0 spiro atoms. The van der Waals surface area contributed by atoms with Crippen LogP contribution in [0.1, 0.15) is 25.7 Å². The number of fused-ring (bicyclic) bond motifs is 1. The van der Waals surface area contributed by atoms with Gasteiger partial charge >= 0.3 is 0 Å². The van der Waals surface area contributed by atoms with Crippen molar-refractivity contribution >= 4 is 22.9 Å². The van der Waals surface area contributed by atoms with Gasteiger partial charge in [0.25, 0.3) is 5.56 Å². The highest BCUT2D eigenvalue weighted by molar-refractivity contribution is 5.83. The highest BCUT2D eigenvalue weighted by atomic mass is 16.2. The van der Waals surface area contributed by atoms with E-state index < -0.39 is 0 Å².